The van der Waals surface area contributed by atoms with Gasteiger partial charge in [0.2, 0.25) is 5.91 Å². The summed E-state index contributed by atoms with van der Waals surface area (Å²) in [6, 6.07) is 4.46. The summed E-state index contributed by atoms with van der Waals surface area (Å²) in [5, 5.41) is 8.70. The minimum atomic E-state index is 0.0635. The van der Waals surface area contributed by atoms with E-state index in [1.165, 1.54) is 54.3 Å². The summed E-state index contributed by atoms with van der Waals surface area (Å²) >= 11 is 3.05. The van der Waals surface area contributed by atoms with Crippen molar-refractivity contribution in [3.05, 3.63) is 28.9 Å². The number of piperidine rings is 1. The second kappa shape index (κ2) is 9.45. The molecule has 2 saturated heterocycles. The number of benzene rings is 1. The Balaban J connectivity index is 1.10. The highest BCUT2D eigenvalue weighted by Crippen LogP contribution is 2.42. The van der Waals surface area contributed by atoms with Crippen LogP contribution in [-0.2, 0) is 17.6 Å². The Kier molecular flexibility index (Phi) is 5.94. The van der Waals surface area contributed by atoms with Gasteiger partial charge in [0.15, 0.2) is 0 Å². The Morgan fingerprint density at radius 1 is 1.16 bits per heavy atom. The lowest BCUT2D eigenvalue weighted by atomic mass is 9.86. The van der Waals surface area contributed by atoms with Gasteiger partial charge in [0.1, 0.15) is 28.2 Å². The number of hydrogen-bond donors (Lipinski definition) is 1. The van der Waals surface area contributed by atoms with Crippen LogP contribution in [0.25, 0.3) is 20.4 Å². The summed E-state index contributed by atoms with van der Waals surface area (Å²) < 4.78 is 10.6. The quantitative estimate of drug-likeness (QED) is 0.405. The minimum absolute atomic E-state index is 0.0635. The van der Waals surface area contributed by atoms with Crippen molar-refractivity contribution in [2.75, 3.05) is 38.6 Å². The third-order valence-corrected chi connectivity index (χ3v) is 9.95. The number of carbonyl (C=O) groups excluding carboxylic acids is 1. The zero-order chi connectivity index (χ0) is 24.9. The maximum Gasteiger partial charge on any atom is 0.226 e. The van der Waals surface area contributed by atoms with Gasteiger partial charge in [-0.1, -0.05) is 10.9 Å². The first kappa shape index (κ1) is 23.2. The normalized spacial score (nSPS) is 20.7. The number of nitrogens with zero attached hydrogens (tertiary/aromatic N) is 6. The lowest BCUT2D eigenvalue weighted by Gasteiger charge is -2.47. The van der Waals surface area contributed by atoms with Gasteiger partial charge in [0.05, 0.1) is 22.9 Å². The zero-order valence-corrected chi connectivity index (χ0v) is 22.4. The SMILES string of the molecule is COc1cc2nnsc2cc1Nc1ncnc2sc3c(c12)CC[C@H](C(=O)N1CC(N2CCCCC2)C1)C3. The van der Waals surface area contributed by atoms with Gasteiger partial charge in [-0.05, 0) is 68.4 Å². The van der Waals surface area contributed by atoms with Crippen LogP contribution in [0.3, 0.4) is 0 Å². The fourth-order valence-electron chi connectivity index (χ4n) is 6.03. The molecule has 3 aliphatic rings. The standard InChI is InChI=1S/C26H29N7O2S2/c1-35-20-10-19-22(37-31-30-19)11-18(20)29-24-23-17-6-5-15(9-21(17)36-25(23)28-14-27-24)26(34)33-12-16(13-33)32-7-3-2-4-8-32/h10-11,14-16H,2-9,12-13H2,1H3,(H,27,28,29)/t15-/m0/s1. The van der Waals surface area contributed by atoms with Crippen molar-refractivity contribution in [3.63, 3.8) is 0 Å². The minimum Gasteiger partial charge on any atom is -0.494 e. The van der Waals surface area contributed by atoms with E-state index in [-0.39, 0.29) is 5.92 Å². The molecule has 0 spiro atoms. The summed E-state index contributed by atoms with van der Waals surface area (Å²) in [5.41, 5.74) is 2.92. The molecule has 9 nitrogen and oxygen atoms in total. The highest BCUT2D eigenvalue weighted by Gasteiger charge is 2.39. The monoisotopic (exact) mass is 535 g/mol. The Bertz CT molecular complexity index is 1470. The highest BCUT2D eigenvalue weighted by molar-refractivity contribution is 7.19. The van der Waals surface area contributed by atoms with Gasteiger partial charge in [-0.3, -0.25) is 9.69 Å². The average molecular weight is 536 g/mol. The summed E-state index contributed by atoms with van der Waals surface area (Å²) in [4.78, 5) is 29.4. The van der Waals surface area contributed by atoms with Crippen molar-refractivity contribution >= 4 is 60.7 Å². The fourth-order valence-corrected chi connectivity index (χ4v) is 7.87. The van der Waals surface area contributed by atoms with Gasteiger partial charge >= 0.3 is 0 Å². The van der Waals surface area contributed by atoms with Crippen LogP contribution in [0.5, 0.6) is 5.75 Å². The maximum atomic E-state index is 13.3. The van der Waals surface area contributed by atoms with Gasteiger partial charge in [-0.15, -0.1) is 16.4 Å². The van der Waals surface area contributed by atoms with Crippen LogP contribution in [0.1, 0.15) is 36.1 Å². The van der Waals surface area contributed by atoms with E-state index >= 15 is 0 Å². The van der Waals surface area contributed by atoms with Gasteiger partial charge in [-0.25, -0.2) is 9.97 Å². The third-order valence-electron chi connectivity index (χ3n) is 8.10. The predicted octanol–water partition coefficient (Wildman–Crippen LogP) is 4.25. The number of nitrogens with one attached hydrogen (secondary N) is 1. The van der Waals surface area contributed by atoms with Crippen molar-refractivity contribution in [2.45, 2.75) is 44.6 Å². The summed E-state index contributed by atoms with van der Waals surface area (Å²) in [7, 11) is 1.65. The van der Waals surface area contributed by atoms with Crippen LogP contribution in [0.15, 0.2) is 18.5 Å². The van der Waals surface area contributed by atoms with E-state index in [0.29, 0.717) is 17.7 Å². The number of methoxy groups -OCH3 is 1. The molecule has 0 saturated carbocycles. The van der Waals surface area contributed by atoms with E-state index in [1.54, 1.807) is 24.8 Å². The van der Waals surface area contributed by atoms with E-state index in [1.807, 2.05) is 12.1 Å². The molecule has 5 heterocycles. The Morgan fingerprint density at radius 2 is 2.03 bits per heavy atom. The summed E-state index contributed by atoms with van der Waals surface area (Å²) in [5.74, 6) is 1.86. The predicted molar refractivity (Wildman–Crippen MR) is 146 cm³/mol. The van der Waals surface area contributed by atoms with E-state index in [0.717, 1.165) is 64.3 Å². The second-order valence-electron chi connectivity index (χ2n) is 10.3. The largest absolute Gasteiger partial charge is 0.494 e. The molecule has 4 aromatic rings. The van der Waals surface area contributed by atoms with Gasteiger partial charge in [0.25, 0.3) is 0 Å². The van der Waals surface area contributed by atoms with Crippen molar-refractivity contribution in [3.8, 4) is 5.75 Å². The first-order valence-electron chi connectivity index (χ1n) is 13.0. The third kappa shape index (κ3) is 4.13. The second-order valence-corrected chi connectivity index (χ2v) is 12.1. The van der Waals surface area contributed by atoms with Crippen molar-refractivity contribution in [1.82, 2.24) is 29.4 Å². The maximum absolute atomic E-state index is 13.3. The van der Waals surface area contributed by atoms with Crippen LogP contribution in [0.4, 0.5) is 11.5 Å². The average Bonchev–Trinajstić information content (AvgIpc) is 3.51. The van der Waals surface area contributed by atoms with Crippen molar-refractivity contribution < 1.29 is 9.53 Å². The first-order valence-corrected chi connectivity index (χ1v) is 14.6. The molecule has 3 aromatic heterocycles. The number of fused-ring (bicyclic) bond motifs is 4. The highest BCUT2D eigenvalue weighted by atomic mass is 32.1. The van der Waals surface area contributed by atoms with E-state index in [2.05, 4.69) is 34.7 Å². The smallest absolute Gasteiger partial charge is 0.226 e. The van der Waals surface area contributed by atoms with E-state index in [4.69, 9.17) is 4.74 Å². The lowest BCUT2D eigenvalue weighted by Crippen LogP contribution is -2.63. The van der Waals surface area contributed by atoms with Gasteiger partial charge in [-0.2, -0.15) is 0 Å². The molecule has 1 aromatic carbocycles. The number of thiophene rings is 1. The number of rotatable bonds is 5. The fraction of sp³-hybridized carbons (Fsp3) is 0.500. The van der Waals surface area contributed by atoms with Crippen LogP contribution < -0.4 is 10.1 Å². The number of amides is 1. The van der Waals surface area contributed by atoms with Crippen molar-refractivity contribution in [2.24, 2.45) is 5.92 Å². The van der Waals surface area contributed by atoms with E-state index < -0.39 is 0 Å². The van der Waals surface area contributed by atoms with E-state index in [9.17, 15) is 4.79 Å². The Hall–Kier alpha value is -2.89. The molecule has 0 radical (unpaired) electrons. The number of anilines is 2. The van der Waals surface area contributed by atoms with Gasteiger partial charge < -0.3 is 15.0 Å². The molecule has 1 amide bonds. The molecular weight excluding hydrogens is 506 g/mol. The molecule has 1 N–H and O–H groups in total. The Labute approximate surface area is 223 Å². The molecule has 7 rings (SSSR count). The van der Waals surface area contributed by atoms with Crippen LogP contribution in [0, 0.1) is 5.92 Å². The molecular formula is C26H29N7O2S2. The van der Waals surface area contributed by atoms with Crippen LogP contribution >= 0.6 is 22.9 Å². The van der Waals surface area contributed by atoms with Gasteiger partial charge in [0, 0.05) is 36.0 Å². The number of carbonyl (C=O) groups is 1. The molecule has 0 unspecified atom stereocenters. The zero-order valence-electron chi connectivity index (χ0n) is 20.8. The molecule has 37 heavy (non-hydrogen) atoms. The molecule has 2 fully saturated rings. The van der Waals surface area contributed by atoms with Crippen molar-refractivity contribution in [1.29, 1.82) is 0 Å². The van der Waals surface area contributed by atoms with Crippen LogP contribution in [0.2, 0.25) is 0 Å². The first-order chi connectivity index (χ1) is 18.2. The molecule has 2 aliphatic heterocycles. The van der Waals surface area contributed by atoms with Crippen LogP contribution in [-0.4, -0.2) is 74.6 Å². The Morgan fingerprint density at radius 3 is 2.86 bits per heavy atom. The molecule has 11 heteroatoms. The number of aryl methyl sites for hydroxylation is 1. The number of likely N-dealkylation sites (tertiary alicyclic amines) is 2. The summed E-state index contributed by atoms with van der Waals surface area (Å²) in [6.07, 6.45) is 8.08. The molecule has 0 bridgehead atoms. The summed E-state index contributed by atoms with van der Waals surface area (Å²) in [6.45, 7) is 4.18. The lowest BCUT2D eigenvalue weighted by molar-refractivity contribution is -0.143. The number of hydrogen-bond acceptors (Lipinski definition) is 10. The topological polar surface area (TPSA) is 96.4 Å². The molecule has 1 atom stereocenters. The molecule has 192 valence electrons. The number of ether oxygens (including phenoxy) is 1. The number of aromatic nitrogens is 4. The molecule has 1 aliphatic carbocycles.